The molecule has 8 heteroatoms. The number of hydrogen-bond donors (Lipinski definition) is 2. The maximum absolute atomic E-state index is 12.1. The van der Waals surface area contributed by atoms with E-state index in [1.54, 1.807) is 6.20 Å². The standard InChI is InChI=1S/C16H15ClN2O4S/c17-11-4-2-1-3-9(11)7-10-8-18-16(24-10)19-14(20)12-5-6-13(23-12)15(21)22/h1-4,8,12-13H,5-7H2,(H,21,22)(H,18,19,20)/t12-,13+/m1/s1. The van der Waals surface area contributed by atoms with Crippen LogP contribution in [-0.2, 0) is 20.7 Å². The molecule has 2 aromatic rings. The third-order valence-corrected chi connectivity index (χ3v) is 4.98. The fourth-order valence-electron chi connectivity index (χ4n) is 2.47. The molecule has 0 saturated carbocycles. The van der Waals surface area contributed by atoms with Gasteiger partial charge in [0.05, 0.1) is 0 Å². The highest BCUT2D eigenvalue weighted by molar-refractivity contribution is 7.15. The van der Waals surface area contributed by atoms with Crippen molar-refractivity contribution < 1.29 is 19.4 Å². The van der Waals surface area contributed by atoms with Crippen molar-refractivity contribution in [3.63, 3.8) is 0 Å². The minimum absolute atomic E-state index is 0.336. The third kappa shape index (κ3) is 3.92. The second-order valence-electron chi connectivity index (χ2n) is 5.42. The maximum Gasteiger partial charge on any atom is 0.332 e. The van der Waals surface area contributed by atoms with Crippen LogP contribution in [0, 0.1) is 0 Å². The fourth-order valence-corrected chi connectivity index (χ4v) is 3.52. The van der Waals surface area contributed by atoms with E-state index < -0.39 is 18.2 Å². The van der Waals surface area contributed by atoms with Gasteiger partial charge >= 0.3 is 5.97 Å². The molecule has 2 heterocycles. The van der Waals surface area contributed by atoms with Crippen molar-refractivity contribution >= 4 is 39.9 Å². The van der Waals surface area contributed by atoms with Crippen molar-refractivity contribution in [2.24, 2.45) is 0 Å². The largest absolute Gasteiger partial charge is 0.479 e. The summed E-state index contributed by atoms with van der Waals surface area (Å²) < 4.78 is 5.22. The summed E-state index contributed by atoms with van der Waals surface area (Å²) in [6, 6.07) is 7.56. The number of carboxylic acid groups (broad SMARTS) is 1. The summed E-state index contributed by atoms with van der Waals surface area (Å²) in [5, 5.41) is 12.7. The van der Waals surface area contributed by atoms with Crippen LogP contribution in [0.5, 0.6) is 0 Å². The molecule has 1 fully saturated rings. The van der Waals surface area contributed by atoms with Crippen LogP contribution in [0.15, 0.2) is 30.5 Å². The summed E-state index contributed by atoms with van der Waals surface area (Å²) in [6.07, 6.45) is 1.40. The predicted octanol–water partition coefficient (Wildman–Crippen LogP) is 2.96. The fraction of sp³-hybridized carbons (Fsp3) is 0.312. The molecule has 3 rings (SSSR count). The first kappa shape index (κ1) is 16.9. The molecular formula is C16H15ClN2O4S. The summed E-state index contributed by atoms with van der Waals surface area (Å²) in [5.41, 5.74) is 0.990. The van der Waals surface area contributed by atoms with Crippen molar-refractivity contribution in [2.45, 2.75) is 31.5 Å². The number of nitrogens with zero attached hydrogens (tertiary/aromatic N) is 1. The van der Waals surface area contributed by atoms with Crippen molar-refractivity contribution in [3.8, 4) is 0 Å². The Morgan fingerprint density at radius 3 is 2.79 bits per heavy atom. The molecule has 0 radical (unpaired) electrons. The SMILES string of the molecule is O=C(O)[C@@H]1CC[C@H](C(=O)Nc2ncc(Cc3ccccc3Cl)s2)O1. The molecule has 126 valence electrons. The van der Waals surface area contributed by atoms with Crippen LogP contribution in [0.1, 0.15) is 23.3 Å². The Morgan fingerprint density at radius 1 is 1.33 bits per heavy atom. The zero-order chi connectivity index (χ0) is 17.1. The van der Waals surface area contributed by atoms with Crippen LogP contribution in [0.4, 0.5) is 5.13 Å². The number of hydrogen-bond acceptors (Lipinski definition) is 5. The van der Waals surface area contributed by atoms with Gasteiger partial charge < -0.3 is 9.84 Å². The van der Waals surface area contributed by atoms with Gasteiger partial charge in [0.25, 0.3) is 5.91 Å². The lowest BCUT2D eigenvalue weighted by Gasteiger charge is -2.09. The molecule has 1 aromatic heterocycles. The molecular weight excluding hydrogens is 352 g/mol. The van der Waals surface area contributed by atoms with E-state index >= 15 is 0 Å². The van der Waals surface area contributed by atoms with Crippen LogP contribution in [0.25, 0.3) is 0 Å². The molecule has 0 bridgehead atoms. The van der Waals surface area contributed by atoms with Gasteiger partial charge in [0, 0.05) is 22.5 Å². The number of rotatable bonds is 5. The first-order chi connectivity index (χ1) is 11.5. The molecule has 1 aliphatic rings. The van der Waals surface area contributed by atoms with Gasteiger partial charge in [0.15, 0.2) is 11.2 Å². The van der Waals surface area contributed by atoms with E-state index in [0.29, 0.717) is 29.4 Å². The number of halogens is 1. The van der Waals surface area contributed by atoms with E-state index in [9.17, 15) is 9.59 Å². The molecule has 1 aromatic carbocycles. The number of thiazole rings is 1. The number of aromatic nitrogens is 1. The van der Waals surface area contributed by atoms with Gasteiger partial charge in [-0.3, -0.25) is 10.1 Å². The molecule has 1 saturated heterocycles. The maximum atomic E-state index is 12.1. The summed E-state index contributed by atoms with van der Waals surface area (Å²) in [4.78, 5) is 28.1. The molecule has 2 N–H and O–H groups in total. The predicted molar refractivity (Wildman–Crippen MR) is 90.5 cm³/mol. The number of anilines is 1. The van der Waals surface area contributed by atoms with Gasteiger partial charge in [-0.05, 0) is 24.5 Å². The van der Waals surface area contributed by atoms with E-state index in [0.717, 1.165) is 10.4 Å². The van der Waals surface area contributed by atoms with Crippen molar-refractivity contribution in [1.29, 1.82) is 0 Å². The van der Waals surface area contributed by atoms with E-state index in [2.05, 4.69) is 10.3 Å². The molecule has 0 spiro atoms. The molecule has 0 aliphatic carbocycles. The van der Waals surface area contributed by atoms with Crippen LogP contribution < -0.4 is 5.32 Å². The zero-order valence-corrected chi connectivity index (χ0v) is 14.1. The number of carbonyl (C=O) groups excluding carboxylic acids is 1. The summed E-state index contributed by atoms with van der Waals surface area (Å²) in [7, 11) is 0. The van der Waals surface area contributed by atoms with Crippen LogP contribution in [0.2, 0.25) is 5.02 Å². The molecule has 2 atom stereocenters. The van der Waals surface area contributed by atoms with Crippen molar-refractivity contribution in [1.82, 2.24) is 4.98 Å². The summed E-state index contributed by atoms with van der Waals surface area (Å²) >= 11 is 7.50. The average molecular weight is 367 g/mol. The molecule has 0 unspecified atom stereocenters. The highest BCUT2D eigenvalue weighted by Crippen LogP contribution is 2.26. The number of amides is 1. The quantitative estimate of drug-likeness (QED) is 0.849. The number of nitrogens with one attached hydrogen (secondary N) is 1. The summed E-state index contributed by atoms with van der Waals surface area (Å²) in [6.45, 7) is 0. The minimum atomic E-state index is -1.04. The van der Waals surface area contributed by atoms with Gasteiger partial charge in [-0.25, -0.2) is 9.78 Å². The highest BCUT2D eigenvalue weighted by Gasteiger charge is 2.34. The first-order valence-corrected chi connectivity index (χ1v) is 8.59. The number of aliphatic carboxylic acids is 1. The number of carboxylic acids is 1. The molecule has 1 aliphatic heterocycles. The van der Waals surface area contributed by atoms with E-state index in [4.69, 9.17) is 21.4 Å². The summed E-state index contributed by atoms with van der Waals surface area (Å²) in [5.74, 6) is -1.40. The molecule has 1 amide bonds. The highest BCUT2D eigenvalue weighted by atomic mass is 35.5. The van der Waals surface area contributed by atoms with Crippen molar-refractivity contribution in [3.05, 3.63) is 45.9 Å². The lowest BCUT2D eigenvalue weighted by molar-refractivity contribution is -0.150. The van der Waals surface area contributed by atoms with Gasteiger partial charge in [0.1, 0.15) is 6.10 Å². The topological polar surface area (TPSA) is 88.5 Å². The number of benzene rings is 1. The monoisotopic (exact) mass is 366 g/mol. The van der Waals surface area contributed by atoms with E-state index in [1.807, 2.05) is 24.3 Å². The second-order valence-corrected chi connectivity index (χ2v) is 6.94. The zero-order valence-electron chi connectivity index (χ0n) is 12.6. The Labute approximate surface area is 147 Å². The Kier molecular flexibility index (Phi) is 5.13. The van der Waals surface area contributed by atoms with Gasteiger partial charge in [-0.2, -0.15) is 0 Å². The smallest absolute Gasteiger partial charge is 0.332 e. The Hall–Kier alpha value is -1.96. The lowest BCUT2D eigenvalue weighted by Crippen LogP contribution is -2.29. The van der Waals surface area contributed by atoms with Gasteiger partial charge in [-0.15, -0.1) is 11.3 Å². The normalized spacial score (nSPS) is 20.0. The van der Waals surface area contributed by atoms with Gasteiger partial charge in [-0.1, -0.05) is 29.8 Å². The first-order valence-electron chi connectivity index (χ1n) is 7.40. The average Bonchev–Trinajstić information content (AvgIpc) is 3.19. The third-order valence-electron chi connectivity index (χ3n) is 3.69. The number of carbonyl (C=O) groups is 2. The van der Waals surface area contributed by atoms with Crippen molar-refractivity contribution in [2.75, 3.05) is 5.32 Å². The van der Waals surface area contributed by atoms with Crippen LogP contribution in [0.3, 0.4) is 0 Å². The van der Waals surface area contributed by atoms with E-state index in [-0.39, 0.29) is 5.91 Å². The Bertz CT molecular complexity index is 764. The second kappa shape index (κ2) is 7.29. The Balaban J connectivity index is 1.59. The van der Waals surface area contributed by atoms with Crippen LogP contribution in [-0.4, -0.2) is 34.2 Å². The van der Waals surface area contributed by atoms with E-state index in [1.165, 1.54) is 11.3 Å². The lowest BCUT2D eigenvalue weighted by atomic mass is 10.1. The Morgan fingerprint density at radius 2 is 2.08 bits per heavy atom. The van der Waals surface area contributed by atoms with Gasteiger partial charge in [0.2, 0.25) is 0 Å². The minimum Gasteiger partial charge on any atom is -0.479 e. The molecule has 24 heavy (non-hydrogen) atoms. The molecule has 6 nitrogen and oxygen atoms in total. The number of ether oxygens (including phenoxy) is 1. The van der Waals surface area contributed by atoms with Crippen LogP contribution >= 0.6 is 22.9 Å².